The van der Waals surface area contributed by atoms with Crippen LogP contribution in [0.5, 0.6) is 0 Å². The molecule has 0 aliphatic rings. The molecule has 0 heterocycles. The normalized spacial score (nSPS) is 12.1. The Morgan fingerprint density at radius 1 is 0.529 bits per heavy atom. The van der Waals surface area contributed by atoms with Gasteiger partial charge in [-0.3, -0.25) is 9.59 Å². The molecule has 0 bridgehead atoms. The molecule has 0 atom stereocenters. The molecule has 0 saturated heterocycles. The fourth-order valence-electron chi connectivity index (χ4n) is 5.07. The fourth-order valence-corrected chi connectivity index (χ4v) is 5.07. The van der Waals surface area contributed by atoms with E-state index in [2.05, 4.69) is 27.7 Å². The van der Waals surface area contributed by atoms with Gasteiger partial charge in [0.05, 0.1) is 5.41 Å². The van der Waals surface area contributed by atoms with E-state index in [4.69, 9.17) is 5.11 Å². The van der Waals surface area contributed by atoms with Crippen molar-refractivity contribution in [2.45, 2.75) is 163 Å². The van der Waals surface area contributed by atoms with Crippen LogP contribution in [-0.4, -0.2) is 22.2 Å². The summed E-state index contributed by atoms with van der Waals surface area (Å²) in [6.07, 6.45) is 21.8. The lowest BCUT2D eigenvalue weighted by Crippen LogP contribution is -2.31. The average Bonchev–Trinajstić information content (AvgIpc) is 2.75. The monoisotopic (exact) mass is 482 g/mol. The Labute approximate surface area is 211 Å². The Morgan fingerprint density at radius 3 is 1.18 bits per heavy atom. The van der Waals surface area contributed by atoms with E-state index in [9.17, 15) is 14.7 Å². The Hall–Kier alpha value is -1.06. The molecule has 0 rings (SSSR count). The van der Waals surface area contributed by atoms with Crippen molar-refractivity contribution < 1.29 is 19.8 Å². The first-order chi connectivity index (χ1) is 16.2. The van der Waals surface area contributed by atoms with Crippen molar-refractivity contribution in [2.75, 3.05) is 0 Å². The predicted molar refractivity (Wildman–Crippen MR) is 144 cm³/mol. The second-order valence-corrected chi connectivity index (χ2v) is 11.6. The van der Waals surface area contributed by atoms with Crippen molar-refractivity contribution in [2.24, 2.45) is 17.3 Å². The molecule has 2 N–H and O–H groups in total. The van der Waals surface area contributed by atoms with Crippen LogP contribution in [-0.2, 0) is 9.59 Å². The molecule has 0 aliphatic carbocycles. The van der Waals surface area contributed by atoms with Crippen LogP contribution in [0.25, 0.3) is 0 Å². The summed E-state index contributed by atoms with van der Waals surface area (Å²) in [4.78, 5) is 23.3. The van der Waals surface area contributed by atoms with Crippen molar-refractivity contribution in [3.05, 3.63) is 0 Å². The highest BCUT2D eigenvalue weighted by Crippen LogP contribution is 2.37. The van der Waals surface area contributed by atoms with Gasteiger partial charge in [-0.1, -0.05) is 130 Å². The maximum Gasteiger partial charge on any atom is 0.309 e. The van der Waals surface area contributed by atoms with Crippen LogP contribution >= 0.6 is 0 Å². The molecule has 0 unspecified atom stereocenters. The summed E-state index contributed by atoms with van der Waals surface area (Å²) < 4.78 is 0. The van der Waals surface area contributed by atoms with Crippen molar-refractivity contribution in [1.82, 2.24) is 0 Å². The number of carbonyl (C=O) groups is 2. The summed E-state index contributed by atoms with van der Waals surface area (Å²) in [5.74, 6) is 0.0504. The van der Waals surface area contributed by atoms with Gasteiger partial charge in [-0.2, -0.15) is 0 Å². The molecule has 4 heteroatoms. The summed E-state index contributed by atoms with van der Waals surface area (Å²) in [5.41, 5.74) is -0.732. The standard InChI is InChI=1S/C30H58O4/c1-26(2)20-15-11-7-5-9-13-17-23-30(29(33)34,25-19-22-28(31)32)24-18-14-10-6-8-12-16-21-27(3)4/h26-27H,5-25H2,1-4H3,(H,31,32)(H,33,34). The molecule has 202 valence electrons. The van der Waals surface area contributed by atoms with Crippen molar-refractivity contribution in [1.29, 1.82) is 0 Å². The molecule has 0 fully saturated rings. The van der Waals surface area contributed by atoms with Gasteiger partial charge in [0.1, 0.15) is 0 Å². The number of aliphatic carboxylic acids is 2. The van der Waals surface area contributed by atoms with Crippen LogP contribution in [0.2, 0.25) is 0 Å². The molecule has 0 aromatic carbocycles. The van der Waals surface area contributed by atoms with E-state index in [1.165, 1.54) is 77.0 Å². The lowest BCUT2D eigenvalue weighted by Gasteiger charge is -2.30. The molecular weight excluding hydrogens is 424 g/mol. The summed E-state index contributed by atoms with van der Waals surface area (Å²) in [7, 11) is 0. The lowest BCUT2D eigenvalue weighted by atomic mass is 9.74. The van der Waals surface area contributed by atoms with Crippen molar-refractivity contribution in [3.63, 3.8) is 0 Å². The van der Waals surface area contributed by atoms with Gasteiger partial charge in [0.15, 0.2) is 0 Å². The first-order valence-corrected chi connectivity index (χ1v) is 14.6. The number of unbranched alkanes of at least 4 members (excludes halogenated alkanes) is 12. The van der Waals surface area contributed by atoms with E-state index in [0.717, 1.165) is 37.5 Å². The van der Waals surface area contributed by atoms with Gasteiger partial charge < -0.3 is 10.2 Å². The Bertz CT molecular complexity index is 472. The van der Waals surface area contributed by atoms with Gasteiger partial charge >= 0.3 is 11.9 Å². The molecule has 0 aliphatic heterocycles. The third-order valence-electron chi connectivity index (χ3n) is 7.37. The second kappa shape index (κ2) is 21.2. The van der Waals surface area contributed by atoms with Gasteiger partial charge in [0, 0.05) is 6.42 Å². The Kier molecular flexibility index (Phi) is 20.6. The third-order valence-corrected chi connectivity index (χ3v) is 7.37. The molecular formula is C30H58O4. The number of carboxylic acids is 2. The zero-order valence-electron chi connectivity index (χ0n) is 23.2. The molecule has 0 amide bonds. The van der Waals surface area contributed by atoms with Crippen LogP contribution in [0.4, 0.5) is 0 Å². The summed E-state index contributed by atoms with van der Waals surface area (Å²) in [5, 5.41) is 19.2. The second-order valence-electron chi connectivity index (χ2n) is 11.6. The number of hydrogen-bond acceptors (Lipinski definition) is 2. The van der Waals surface area contributed by atoms with Gasteiger partial charge in [-0.05, 0) is 37.5 Å². The van der Waals surface area contributed by atoms with Crippen LogP contribution in [0.1, 0.15) is 163 Å². The zero-order chi connectivity index (χ0) is 25.7. The Morgan fingerprint density at radius 2 is 0.853 bits per heavy atom. The van der Waals surface area contributed by atoms with E-state index in [-0.39, 0.29) is 6.42 Å². The summed E-state index contributed by atoms with van der Waals surface area (Å²) in [6, 6.07) is 0. The largest absolute Gasteiger partial charge is 0.481 e. The minimum atomic E-state index is -0.825. The maximum atomic E-state index is 12.3. The highest BCUT2D eigenvalue weighted by molar-refractivity contribution is 5.74. The van der Waals surface area contributed by atoms with Crippen molar-refractivity contribution in [3.8, 4) is 0 Å². The summed E-state index contributed by atoms with van der Waals surface area (Å²) >= 11 is 0. The van der Waals surface area contributed by atoms with Gasteiger partial charge in [0.2, 0.25) is 0 Å². The smallest absolute Gasteiger partial charge is 0.309 e. The van der Waals surface area contributed by atoms with E-state index in [1.807, 2.05) is 0 Å². The minimum Gasteiger partial charge on any atom is -0.481 e. The quantitative estimate of drug-likeness (QED) is 0.127. The first-order valence-electron chi connectivity index (χ1n) is 14.6. The molecule has 0 spiro atoms. The zero-order valence-corrected chi connectivity index (χ0v) is 23.2. The first kappa shape index (κ1) is 32.9. The molecule has 0 aromatic heterocycles. The molecule has 4 nitrogen and oxygen atoms in total. The maximum absolute atomic E-state index is 12.3. The highest BCUT2D eigenvalue weighted by atomic mass is 16.4. The van der Waals surface area contributed by atoms with Gasteiger partial charge in [0.25, 0.3) is 0 Å². The predicted octanol–water partition coefficient (Wildman–Crippen LogP) is 9.65. The van der Waals surface area contributed by atoms with Crippen molar-refractivity contribution >= 4 is 11.9 Å². The topological polar surface area (TPSA) is 74.6 Å². The number of rotatable bonds is 25. The van der Waals surface area contributed by atoms with Gasteiger partial charge in [-0.25, -0.2) is 0 Å². The Balaban J connectivity index is 4.34. The minimum absolute atomic E-state index is 0.0712. The molecule has 0 radical (unpaired) electrons. The van der Waals surface area contributed by atoms with E-state index in [0.29, 0.717) is 25.7 Å². The van der Waals surface area contributed by atoms with Crippen LogP contribution in [0.15, 0.2) is 0 Å². The fraction of sp³-hybridized carbons (Fsp3) is 0.933. The number of carboxylic acid groups (broad SMARTS) is 2. The lowest BCUT2D eigenvalue weighted by molar-refractivity contribution is -0.151. The molecule has 0 aromatic rings. The third kappa shape index (κ3) is 19.3. The SMILES string of the molecule is CC(C)CCCCCCCCCC(CCCCCCCCCC(C)C)(CCCC(=O)O)C(=O)O. The number of hydrogen-bond donors (Lipinski definition) is 2. The summed E-state index contributed by atoms with van der Waals surface area (Å²) in [6.45, 7) is 9.11. The highest BCUT2D eigenvalue weighted by Gasteiger charge is 2.36. The van der Waals surface area contributed by atoms with E-state index < -0.39 is 17.4 Å². The molecule has 0 saturated carbocycles. The average molecular weight is 483 g/mol. The van der Waals surface area contributed by atoms with E-state index >= 15 is 0 Å². The van der Waals surface area contributed by atoms with Crippen LogP contribution in [0.3, 0.4) is 0 Å². The molecule has 34 heavy (non-hydrogen) atoms. The van der Waals surface area contributed by atoms with Crippen LogP contribution < -0.4 is 0 Å². The van der Waals surface area contributed by atoms with Crippen LogP contribution in [0, 0.1) is 17.3 Å². The van der Waals surface area contributed by atoms with Gasteiger partial charge in [-0.15, -0.1) is 0 Å². The van der Waals surface area contributed by atoms with E-state index in [1.54, 1.807) is 0 Å².